The molecule has 0 heterocycles. The largest absolute Gasteiger partial charge is 0.466 e. The highest BCUT2D eigenvalue weighted by Gasteiger charge is 2.18. The molecule has 2 atom stereocenters. The summed E-state index contributed by atoms with van der Waals surface area (Å²) in [6.07, 6.45) is 89.3. The molecule has 80 heavy (non-hydrogen) atoms. The lowest BCUT2D eigenvalue weighted by molar-refractivity contribution is -0.143. The first-order valence-electron chi connectivity index (χ1n) is 36.3. The summed E-state index contributed by atoms with van der Waals surface area (Å²) in [7, 11) is 0. The fourth-order valence-electron chi connectivity index (χ4n) is 11.4. The minimum atomic E-state index is -0.847. The van der Waals surface area contributed by atoms with Gasteiger partial charge in [0, 0.05) is 12.8 Å². The van der Waals surface area contributed by atoms with E-state index in [0.717, 1.165) is 51.4 Å². The highest BCUT2D eigenvalue weighted by atomic mass is 16.5. The molecule has 0 aliphatic carbocycles. The van der Waals surface area contributed by atoms with Crippen LogP contribution in [0, 0.1) is 0 Å². The van der Waals surface area contributed by atoms with Gasteiger partial charge in [0.15, 0.2) is 0 Å². The first kappa shape index (κ1) is 78.1. The SMILES string of the molecule is CCCCCC/C=C\C/C=C\CCCCCCCCCC(=O)OCCCCCCCCCCCCCCCCCCCCCCCCC(=O)NC(CO)C(O)/C=C/CCCCCCCCCCCCCCCCCCCCCCC. The molecule has 6 heteroatoms. The van der Waals surface area contributed by atoms with Gasteiger partial charge >= 0.3 is 5.97 Å². The van der Waals surface area contributed by atoms with Crippen LogP contribution >= 0.6 is 0 Å². The van der Waals surface area contributed by atoms with Crippen molar-refractivity contribution in [2.24, 2.45) is 0 Å². The minimum absolute atomic E-state index is 0.00612. The molecule has 0 bridgehead atoms. The molecule has 472 valence electrons. The molecule has 0 fully saturated rings. The van der Waals surface area contributed by atoms with Crippen molar-refractivity contribution < 1.29 is 24.5 Å². The van der Waals surface area contributed by atoms with Crippen molar-refractivity contribution in [3.8, 4) is 0 Å². The normalized spacial score (nSPS) is 12.7. The molecular weight excluding hydrogens is 983 g/mol. The van der Waals surface area contributed by atoms with Gasteiger partial charge in [0.1, 0.15) is 0 Å². The third-order valence-electron chi connectivity index (χ3n) is 16.9. The van der Waals surface area contributed by atoms with Crippen LogP contribution in [0.2, 0.25) is 0 Å². The van der Waals surface area contributed by atoms with E-state index < -0.39 is 12.1 Å². The molecule has 0 aliphatic rings. The van der Waals surface area contributed by atoms with Crippen LogP contribution in [0.5, 0.6) is 0 Å². The van der Waals surface area contributed by atoms with Gasteiger partial charge in [-0.2, -0.15) is 0 Å². The predicted octanol–water partition coefficient (Wildman–Crippen LogP) is 23.5. The first-order chi connectivity index (χ1) is 39.5. The van der Waals surface area contributed by atoms with E-state index in [9.17, 15) is 19.8 Å². The van der Waals surface area contributed by atoms with Gasteiger partial charge in [-0.15, -0.1) is 0 Å². The van der Waals surface area contributed by atoms with Gasteiger partial charge < -0.3 is 20.3 Å². The second-order valence-electron chi connectivity index (χ2n) is 24.9. The topological polar surface area (TPSA) is 95.9 Å². The maximum Gasteiger partial charge on any atom is 0.305 e. The fraction of sp³-hybridized carbons (Fsp3) is 0.892. The number of rotatable bonds is 68. The Labute approximate surface area is 500 Å². The standard InChI is InChI=1S/C74H141NO5/c1-3-5-7-9-11-13-15-17-19-21-23-24-25-28-31-34-38-42-46-50-54-58-62-66-72(77)71(70-76)75-73(78)67-63-59-55-51-47-43-39-35-32-29-26-27-30-33-37-41-45-49-53-57-61-65-69-80-74(79)68-64-60-56-52-48-44-40-36-22-20-18-16-14-12-10-8-6-4-2/h14,16,20,22,62,66,71-72,76-77H,3-13,15,17-19,21,23-61,63-65,67-70H2,1-2H3,(H,75,78)/b16-14-,22-20-,66-62+. The van der Waals surface area contributed by atoms with Crippen molar-refractivity contribution in [1.82, 2.24) is 5.32 Å². The first-order valence-corrected chi connectivity index (χ1v) is 36.3. The van der Waals surface area contributed by atoms with Crippen LogP contribution < -0.4 is 5.32 Å². The summed E-state index contributed by atoms with van der Waals surface area (Å²) < 4.78 is 5.50. The molecule has 0 rings (SSSR count). The van der Waals surface area contributed by atoms with Crippen molar-refractivity contribution in [2.75, 3.05) is 13.2 Å². The van der Waals surface area contributed by atoms with Crippen LogP contribution in [0.25, 0.3) is 0 Å². The summed E-state index contributed by atoms with van der Waals surface area (Å²) in [5.41, 5.74) is 0. The van der Waals surface area contributed by atoms with E-state index in [0.29, 0.717) is 19.4 Å². The lowest BCUT2D eigenvalue weighted by Crippen LogP contribution is -2.45. The van der Waals surface area contributed by atoms with Crippen LogP contribution in [0.1, 0.15) is 399 Å². The molecular formula is C74H141NO5. The second-order valence-corrected chi connectivity index (χ2v) is 24.9. The average molecular weight is 1120 g/mol. The zero-order valence-electron chi connectivity index (χ0n) is 54.1. The lowest BCUT2D eigenvalue weighted by atomic mass is 10.0. The monoisotopic (exact) mass is 1120 g/mol. The Kier molecular flexibility index (Phi) is 67.9. The van der Waals surface area contributed by atoms with Crippen molar-refractivity contribution in [2.45, 2.75) is 411 Å². The summed E-state index contributed by atoms with van der Waals surface area (Å²) in [5, 5.41) is 23.3. The molecule has 3 N–H and O–H groups in total. The van der Waals surface area contributed by atoms with Crippen molar-refractivity contribution in [1.29, 1.82) is 0 Å². The Balaban J connectivity index is 3.40. The second kappa shape index (κ2) is 69.6. The van der Waals surface area contributed by atoms with Gasteiger partial charge in [0.25, 0.3) is 0 Å². The number of allylic oxidation sites excluding steroid dienone is 5. The number of unbranched alkanes of at least 4 members (excludes halogenated alkanes) is 53. The van der Waals surface area contributed by atoms with Gasteiger partial charge in [-0.25, -0.2) is 0 Å². The maximum atomic E-state index is 12.5. The van der Waals surface area contributed by atoms with E-state index in [1.54, 1.807) is 6.08 Å². The number of nitrogens with one attached hydrogen (secondary N) is 1. The number of ether oxygens (including phenoxy) is 1. The zero-order chi connectivity index (χ0) is 57.8. The Morgan fingerprint density at radius 2 is 0.625 bits per heavy atom. The van der Waals surface area contributed by atoms with Crippen LogP contribution in [-0.4, -0.2) is 47.4 Å². The smallest absolute Gasteiger partial charge is 0.305 e. The van der Waals surface area contributed by atoms with E-state index in [-0.39, 0.29) is 18.5 Å². The van der Waals surface area contributed by atoms with Gasteiger partial charge in [0.05, 0.1) is 25.4 Å². The van der Waals surface area contributed by atoms with Gasteiger partial charge in [-0.05, 0) is 64.2 Å². The van der Waals surface area contributed by atoms with Crippen LogP contribution in [0.4, 0.5) is 0 Å². The summed E-state index contributed by atoms with van der Waals surface area (Å²) >= 11 is 0. The van der Waals surface area contributed by atoms with Gasteiger partial charge in [-0.1, -0.05) is 359 Å². The quantitative estimate of drug-likeness (QED) is 0.0320. The third-order valence-corrected chi connectivity index (χ3v) is 16.9. The Morgan fingerprint density at radius 3 is 0.963 bits per heavy atom. The number of hydrogen-bond donors (Lipinski definition) is 3. The molecule has 0 spiro atoms. The molecule has 0 saturated heterocycles. The molecule has 0 saturated carbocycles. The lowest BCUT2D eigenvalue weighted by Gasteiger charge is -2.20. The molecule has 0 aliphatic heterocycles. The fourth-order valence-corrected chi connectivity index (χ4v) is 11.4. The number of hydrogen-bond acceptors (Lipinski definition) is 5. The number of esters is 1. The average Bonchev–Trinajstić information content (AvgIpc) is 3.46. The van der Waals surface area contributed by atoms with Crippen LogP contribution in [-0.2, 0) is 14.3 Å². The molecule has 0 aromatic rings. The number of aliphatic hydroxyl groups excluding tert-OH is 2. The Morgan fingerprint density at radius 1 is 0.350 bits per heavy atom. The maximum absolute atomic E-state index is 12.5. The van der Waals surface area contributed by atoms with Gasteiger partial charge in [0.2, 0.25) is 5.91 Å². The van der Waals surface area contributed by atoms with Gasteiger partial charge in [-0.3, -0.25) is 9.59 Å². The van der Waals surface area contributed by atoms with E-state index in [2.05, 4.69) is 43.5 Å². The summed E-state index contributed by atoms with van der Waals surface area (Å²) in [5.74, 6) is -0.0581. The predicted molar refractivity (Wildman–Crippen MR) is 352 cm³/mol. The Hall–Kier alpha value is -1.92. The van der Waals surface area contributed by atoms with Crippen molar-refractivity contribution in [3.05, 3.63) is 36.5 Å². The third kappa shape index (κ3) is 65.2. The molecule has 0 radical (unpaired) electrons. The van der Waals surface area contributed by atoms with Crippen molar-refractivity contribution in [3.63, 3.8) is 0 Å². The Bertz CT molecular complexity index is 1300. The summed E-state index contributed by atoms with van der Waals surface area (Å²) in [6.45, 7) is 4.92. The highest BCUT2D eigenvalue weighted by Crippen LogP contribution is 2.19. The van der Waals surface area contributed by atoms with E-state index in [4.69, 9.17) is 4.74 Å². The molecule has 2 unspecified atom stereocenters. The van der Waals surface area contributed by atoms with Crippen LogP contribution in [0.3, 0.4) is 0 Å². The molecule has 0 aromatic heterocycles. The van der Waals surface area contributed by atoms with E-state index >= 15 is 0 Å². The highest BCUT2D eigenvalue weighted by molar-refractivity contribution is 5.76. The molecule has 6 nitrogen and oxygen atoms in total. The minimum Gasteiger partial charge on any atom is -0.466 e. The number of carbonyl (C=O) groups excluding carboxylic acids is 2. The summed E-state index contributed by atoms with van der Waals surface area (Å²) in [4.78, 5) is 24.6. The zero-order valence-corrected chi connectivity index (χ0v) is 54.1. The number of amides is 1. The number of aliphatic hydroxyl groups is 2. The molecule has 1 amide bonds. The van der Waals surface area contributed by atoms with Crippen molar-refractivity contribution >= 4 is 11.9 Å². The molecule has 0 aromatic carbocycles. The van der Waals surface area contributed by atoms with E-state index in [1.807, 2.05) is 6.08 Å². The van der Waals surface area contributed by atoms with E-state index in [1.165, 1.54) is 321 Å². The summed E-state index contributed by atoms with van der Waals surface area (Å²) in [6, 6.07) is -0.630. The number of carbonyl (C=O) groups is 2. The van der Waals surface area contributed by atoms with Crippen LogP contribution in [0.15, 0.2) is 36.5 Å².